The Morgan fingerprint density at radius 3 is 2.60 bits per heavy atom. The van der Waals surface area contributed by atoms with Gasteiger partial charge in [-0.25, -0.2) is 4.39 Å². The third kappa shape index (κ3) is 5.25. The summed E-state index contributed by atoms with van der Waals surface area (Å²) >= 11 is 6.17. The van der Waals surface area contributed by atoms with Crippen molar-refractivity contribution in [1.82, 2.24) is 4.90 Å². The predicted molar refractivity (Wildman–Crippen MR) is 145 cm³/mol. The van der Waals surface area contributed by atoms with Crippen LogP contribution in [0.1, 0.15) is 27.7 Å². The molecule has 0 spiro atoms. The smallest absolute Gasteiger partial charge is 0.290 e. The zero-order valence-corrected chi connectivity index (χ0v) is 22.4. The van der Waals surface area contributed by atoms with Gasteiger partial charge in [-0.2, -0.15) is 0 Å². The quantitative estimate of drug-likeness (QED) is 0.234. The summed E-state index contributed by atoms with van der Waals surface area (Å²) in [5.74, 6) is -1.68. The normalized spacial score (nSPS) is 15.2. The molecule has 1 aliphatic rings. The number of rotatable bonds is 10. The van der Waals surface area contributed by atoms with Gasteiger partial charge in [-0.05, 0) is 47.5 Å². The van der Waals surface area contributed by atoms with Crippen molar-refractivity contribution in [2.24, 2.45) is 0 Å². The SMILES string of the molecule is COCCN1C(=O)C(O)=C(C(=O)c2cc3cc(Cl)cc(OC)c3o2)C1c1cccc(OCc2ccc(F)cc2)c1. The Balaban J connectivity index is 1.51. The molecule has 0 bridgehead atoms. The van der Waals surface area contributed by atoms with Gasteiger partial charge in [0.05, 0.1) is 25.3 Å². The lowest BCUT2D eigenvalue weighted by Gasteiger charge is -2.26. The van der Waals surface area contributed by atoms with Crippen LogP contribution < -0.4 is 9.47 Å². The molecule has 1 amide bonds. The summed E-state index contributed by atoms with van der Waals surface area (Å²) in [5, 5.41) is 11.9. The third-order valence-electron chi connectivity index (χ3n) is 6.57. The molecule has 1 unspecified atom stereocenters. The first kappa shape index (κ1) is 27.2. The molecule has 3 aromatic carbocycles. The van der Waals surface area contributed by atoms with Crippen molar-refractivity contribution in [3.8, 4) is 11.5 Å². The molecule has 8 nitrogen and oxygen atoms in total. The zero-order chi connectivity index (χ0) is 28.4. The number of Topliss-reactive ketones (excluding diaryl/α,β-unsaturated/α-hetero) is 1. The molecule has 2 heterocycles. The highest BCUT2D eigenvalue weighted by Crippen LogP contribution is 2.41. The van der Waals surface area contributed by atoms with Crippen molar-refractivity contribution < 1.29 is 37.7 Å². The Labute approximate surface area is 234 Å². The van der Waals surface area contributed by atoms with Gasteiger partial charge in [0.15, 0.2) is 22.9 Å². The molecule has 0 fully saturated rings. The van der Waals surface area contributed by atoms with Crippen LogP contribution in [0.15, 0.2) is 82.5 Å². The minimum atomic E-state index is -0.941. The van der Waals surface area contributed by atoms with Crippen LogP contribution in [0.2, 0.25) is 5.02 Å². The number of methoxy groups -OCH3 is 2. The van der Waals surface area contributed by atoms with Crippen molar-refractivity contribution in [3.63, 3.8) is 0 Å². The number of amides is 1. The van der Waals surface area contributed by atoms with E-state index in [1.54, 1.807) is 48.5 Å². The molecule has 1 aliphatic heterocycles. The Morgan fingerprint density at radius 2 is 1.88 bits per heavy atom. The molecule has 206 valence electrons. The van der Waals surface area contributed by atoms with Gasteiger partial charge in [0, 0.05) is 30.1 Å². The van der Waals surface area contributed by atoms with Gasteiger partial charge in [0.2, 0.25) is 5.78 Å². The highest BCUT2D eigenvalue weighted by Gasteiger charge is 2.44. The van der Waals surface area contributed by atoms with Crippen LogP contribution in [-0.4, -0.2) is 49.1 Å². The van der Waals surface area contributed by atoms with Crippen molar-refractivity contribution in [3.05, 3.63) is 106 Å². The standard InChI is InChI=1S/C30H25ClFNO7/c1-37-11-10-33-26(18-4-3-5-22(13-18)39-16-17-6-8-21(32)9-7-17)25(28(35)30(33)36)27(34)23-14-19-12-20(31)15-24(38-2)29(19)40-23/h3-9,12-15,26,35H,10-11,16H2,1-2H3. The van der Waals surface area contributed by atoms with E-state index in [2.05, 4.69) is 0 Å². The highest BCUT2D eigenvalue weighted by atomic mass is 35.5. The predicted octanol–water partition coefficient (Wildman–Crippen LogP) is 6.04. The number of ether oxygens (including phenoxy) is 3. The Hall–Kier alpha value is -4.34. The van der Waals surface area contributed by atoms with E-state index in [1.165, 1.54) is 37.3 Å². The first-order chi connectivity index (χ1) is 19.3. The summed E-state index contributed by atoms with van der Waals surface area (Å²) in [6.07, 6.45) is 0. The second-order valence-corrected chi connectivity index (χ2v) is 9.55. The molecular formula is C30H25ClFNO7. The van der Waals surface area contributed by atoms with Gasteiger partial charge < -0.3 is 28.6 Å². The lowest BCUT2D eigenvalue weighted by atomic mass is 9.95. The van der Waals surface area contributed by atoms with Gasteiger partial charge in [0.25, 0.3) is 5.91 Å². The van der Waals surface area contributed by atoms with Gasteiger partial charge in [-0.3, -0.25) is 9.59 Å². The number of carbonyl (C=O) groups excluding carboxylic acids is 2. The van der Waals surface area contributed by atoms with Crippen LogP contribution in [0.5, 0.6) is 11.5 Å². The molecule has 0 aliphatic carbocycles. The number of aliphatic hydroxyl groups excluding tert-OH is 1. The number of hydrogen-bond donors (Lipinski definition) is 1. The number of halogens is 2. The lowest BCUT2D eigenvalue weighted by Crippen LogP contribution is -2.34. The molecule has 10 heteroatoms. The van der Waals surface area contributed by atoms with Gasteiger partial charge in [0.1, 0.15) is 18.2 Å². The number of aliphatic hydroxyl groups is 1. The summed E-state index contributed by atoms with van der Waals surface area (Å²) in [5.41, 5.74) is 1.47. The third-order valence-corrected chi connectivity index (χ3v) is 6.79. The van der Waals surface area contributed by atoms with Gasteiger partial charge in [-0.1, -0.05) is 35.9 Å². The van der Waals surface area contributed by atoms with Crippen molar-refractivity contribution in [2.45, 2.75) is 12.6 Å². The molecule has 0 saturated carbocycles. The van der Waals surface area contributed by atoms with Crippen molar-refractivity contribution in [1.29, 1.82) is 0 Å². The summed E-state index contributed by atoms with van der Waals surface area (Å²) in [7, 11) is 2.94. The fourth-order valence-electron chi connectivity index (χ4n) is 4.66. The molecule has 40 heavy (non-hydrogen) atoms. The average molecular weight is 566 g/mol. The minimum absolute atomic E-state index is 0.0905. The van der Waals surface area contributed by atoms with Crippen LogP contribution in [0, 0.1) is 5.82 Å². The van der Waals surface area contributed by atoms with Crippen molar-refractivity contribution >= 4 is 34.3 Å². The van der Waals surface area contributed by atoms with Crippen LogP contribution >= 0.6 is 11.6 Å². The largest absolute Gasteiger partial charge is 0.503 e. The van der Waals surface area contributed by atoms with E-state index < -0.39 is 23.5 Å². The Morgan fingerprint density at radius 1 is 1.10 bits per heavy atom. The van der Waals surface area contributed by atoms with Crippen LogP contribution in [0.4, 0.5) is 4.39 Å². The van der Waals surface area contributed by atoms with E-state index in [9.17, 15) is 19.1 Å². The molecule has 1 N–H and O–H groups in total. The molecule has 1 aromatic heterocycles. The number of fused-ring (bicyclic) bond motifs is 1. The van der Waals surface area contributed by atoms with E-state index in [-0.39, 0.29) is 36.9 Å². The average Bonchev–Trinajstić information content (AvgIpc) is 3.49. The summed E-state index contributed by atoms with van der Waals surface area (Å²) in [4.78, 5) is 28.4. The van der Waals surface area contributed by atoms with E-state index in [1.807, 2.05) is 0 Å². The number of furan rings is 1. The number of hydrogen-bond acceptors (Lipinski definition) is 7. The number of nitrogens with zero attached hydrogens (tertiary/aromatic N) is 1. The molecular weight excluding hydrogens is 541 g/mol. The molecule has 4 aromatic rings. The summed E-state index contributed by atoms with van der Waals surface area (Å²) in [6, 6.07) is 16.5. The second-order valence-electron chi connectivity index (χ2n) is 9.11. The molecule has 5 rings (SSSR count). The Bertz CT molecular complexity index is 1610. The van der Waals surface area contributed by atoms with E-state index in [4.69, 9.17) is 30.2 Å². The number of ketones is 1. The maximum Gasteiger partial charge on any atom is 0.290 e. The van der Waals surface area contributed by atoms with Crippen LogP contribution in [0.25, 0.3) is 11.0 Å². The first-order valence-corrected chi connectivity index (χ1v) is 12.7. The summed E-state index contributed by atoms with van der Waals surface area (Å²) < 4.78 is 35.5. The number of benzene rings is 3. The highest BCUT2D eigenvalue weighted by molar-refractivity contribution is 6.31. The van der Waals surface area contributed by atoms with E-state index in [0.717, 1.165) is 5.56 Å². The van der Waals surface area contributed by atoms with Crippen LogP contribution in [0.3, 0.4) is 0 Å². The minimum Gasteiger partial charge on any atom is -0.503 e. The first-order valence-electron chi connectivity index (χ1n) is 12.3. The second kappa shape index (κ2) is 11.4. The zero-order valence-electron chi connectivity index (χ0n) is 21.6. The fourth-order valence-corrected chi connectivity index (χ4v) is 4.87. The van der Waals surface area contributed by atoms with Crippen molar-refractivity contribution in [2.75, 3.05) is 27.4 Å². The monoisotopic (exact) mass is 565 g/mol. The maximum absolute atomic E-state index is 13.8. The molecule has 0 radical (unpaired) electrons. The van der Waals surface area contributed by atoms with Crippen LogP contribution in [-0.2, 0) is 16.1 Å². The number of carbonyl (C=O) groups is 2. The molecule has 0 saturated heterocycles. The van der Waals surface area contributed by atoms with Gasteiger partial charge >= 0.3 is 0 Å². The van der Waals surface area contributed by atoms with E-state index >= 15 is 0 Å². The van der Waals surface area contributed by atoms with E-state index in [0.29, 0.717) is 33.1 Å². The fraction of sp³-hybridized carbons (Fsp3) is 0.200. The Kier molecular flexibility index (Phi) is 7.77. The molecule has 1 atom stereocenters. The van der Waals surface area contributed by atoms with Gasteiger partial charge in [-0.15, -0.1) is 0 Å². The lowest BCUT2D eigenvalue weighted by molar-refractivity contribution is -0.130. The topological polar surface area (TPSA) is 98.4 Å². The maximum atomic E-state index is 13.8. The summed E-state index contributed by atoms with van der Waals surface area (Å²) in [6.45, 7) is 0.472.